The van der Waals surface area contributed by atoms with Gasteiger partial charge in [0.05, 0.1) is 12.2 Å². The molecule has 132 valence electrons. The van der Waals surface area contributed by atoms with Crippen LogP contribution in [-0.2, 0) is 4.74 Å². The van der Waals surface area contributed by atoms with Crippen molar-refractivity contribution in [1.82, 2.24) is 4.90 Å². The zero-order valence-electron chi connectivity index (χ0n) is 14.7. The van der Waals surface area contributed by atoms with Crippen LogP contribution in [0.2, 0.25) is 0 Å². The first kappa shape index (κ1) is 17.3. The van der Waals surface area contributed by atoms with Crippen molar-refractivity contribution in [2.75, 3.05) is 32.2 Å². The second kappa shape index (κ2) is 8.03. The van der Waals surface area contributed by atoms with Gasteiger partial charge in [0.2, 0.25) is 0 Å². The minimum absolute atomic E-state index is 0.0391. The smallest absolute Gasteiger partial charge is 0.257 e. The van der Waals surface area contributed by atoms with Crippen molar-refractivity contribution in [2.45, 2.75) is 19.5 Å². The Morgan fingerprint density at radius 3 is 2.80 bits per heavy atom. The SMILES string of the molecule is CCOc1cccc(C2Nc3ccccc3C(=O)N2CCCOC)c1. The van der Waals surface area contributed by atoms with E-state index < -0.39 is 0 Å². The number of benzene rings is 2. The number of hydrogen-bond acceptors (Lipinski definition) is 4. The number of carbonyl (C=O) groups is 1. The fourth-order valence-electron chi connectivity index (χ4n) is 3.11. The standard InChI is InChI=1S/C20H24N2O3/c1-3-25-16-9-6-8-15(14-16)19-21-18-11-5-4-10-17(18)20(23)22(19)12-7-13-24-2/h4-6,8-11,14,19,21H,3,7,12-13H2,1-2H3. The molecule has 5 nitrogen and oxygen atoms in total. The Morgan fingerprint density at radius 1 is 1.16 bits per heavy atom. The first-order chi connectivity index (χ1) is 12.2. The van der Waals surface area contributed by atoms with Crippen LogP contribution >= 0.6 is 0 Å². The van der Waals surface area contributed by atoms with Crippen molar-refractivity contribution in [3.8, 4) is 5.75 Å². The van der Waals surface area contributed by atoms with Gasteiger partial charge in [-0.15, -0.1) is 0 Å². The molecule has 3 rings (SSSR count). The molecule has 0 radical (unpaired) electrons. The summed E-state index contributed by atoms with van der Waals surface area (Å²) in [5.74, 6) is 0.849. The summed E-state index contributed by atoms with van der Waals surface area (Å²) in [4.78, 5) is 14.9. The van der Waals surface area contributed by atoms with Gasteiger partial charge < -0.3 is 19.7 Å². The fraction of sp³-hybridized carbons (Fsp3) is 0.350. The molecule has 0 aromatic heterocycles. The Kier molecular flexibility index (Phi) is 5.56. The highest BCUT2D eigenvalue weighted by atomic mass is 16.5. The minimum atomic E-state index is -0.223. The van der Waals surface area contributed by atoms with Gasteiger partial charge >= 0.3 is 0 Å². The summed E-state index contributed by atoms with van der Waals surface area (Å²) in [7, 11) is 1.68. The van der Waals surface area contributed by atoms with Crippen LogP contribution in [0.1, 0.15) is 35.4 Å². The van der Waals surface area contributed by atoms with Gasteiger partial charge in [-0.3, -0.25) is 4.79 Å². The van der Waals surface area contributed by atoms with Gasteiger partial charge in [0, 0.05) is 25.9 Å². The summed E-state index contributed by atoms with van der Waals surface area (Å²) in [6.07, 6.45) is 0.563. The number of para-hydroxylation sites is 1. The predicted molar refractivity (Wildman–Crippen MR) is 97.9 cm³/mol. The molecule has 1 amide bonds. The van der Waals surface area contributed by atoms with Crippen molar-refractivity contribution in [2.24, 2.45) is 0 Å². The second-order valence-corrected chi connectivity index (χ2v) is 5.94. The lowest BCUT2D eigenvalue weighted by Crippen LogP contribution is -2.43. The zero-order valence-corrected chi connectivity index (χ0v) is 14.7. The Bertz CT molecular complexity index is 732. The largest absolute Gasteiger partial charge is 0.494 e. The lowest BCUT2D eigenvalue weighted by molar-refractivity contribution is 0.0660. The molecule has 0 saturated heterocycles. The molecule has 0 bridgehead atoms. The predicted octanol–water partition coefficient (Wildman–Crippen LogP) is 3.69. The van der Waals surface area contributed by atoms with Crippen LogP contribution in [0.25, 0.3) is 0 Å². The van der Waals surface area contributed by atoms with Crippen molar-refractivity contribution in [3.05, 3.63) is 59.7 Å². The molecule has 1 aliphatic heterocycles. The number of carbonyl (C=O) groups excluding carboxylic acids is 1. The molecule has 0 saturated carbocycles. The van der Waals surface area contributed by atoms with Crippen LogP contribution in [0.5, 0.6) is 5.75 Å². The van der Waals surface area contributed by atoms with E-state index in [1.54, 1.807) is 7.11 Å². The quantitative estimate of drug-likeness (QED) is 0.781. The van der Waals surface area contributed by atoms with E-state index in [0.717, 1.165) is 23.4 Å². The van der Waals surface area contributed by atoms with Gasteiger partial charge in [0.15, 0.2) is 0 Å². The van der Waals surface area contributed by atoms with E-state index in [9.17, 15) is 4.79 Å². The molecule has 0 aliphatic carbocycles. The molecule has 1 unspecified atom stereocenters. The summed E-state index contributed by atoms with van der Waals surface area (Å²) < 4.78 is 10.8. The van der Waals surface area contributed by atoms with Crippen LogP contribution in [0.15, 0.2) is 48.5 Å². The number of hydrogen-bond donors (Lipinski definition) is 1. The van der Waals surface area contributed by atoms with E-state index in [-0.39, 0.29) is 12.1 Å². The monoisotopic (exact) mass is 340 g/mol. The molecule has 5 heteroatoms. The van der Waals surface area contributed by atoms with Gasteiger partial charge in [0.1, 0.15) is 11.9 Å². The van der Waals surface area contributed by atoms with E-state index in [4.69, 9.17) is 9.47 Å². The molecule has 1 atom stereocenters. The van der Waals surface area contributed by atoms with Crippen molar-refractivity contribution in [3.63, 3.8) is 0 Å². The van der Waals surface area contributed by atoms with Gasteiger partial charge in [-0.25, -0.2) is 0 Å². The lowest BCUT2D eigenvalue weighted by atomic mass is 10.0. The number of nitrogens with zero attached hydrogens (tertiary/aromatic N) is 1. The van der Waals surface area contributed by atoms with Crippen LogP contribution in [0, 0.1) is 0 Å². The van der Waals surface area contributed by atoms with Gasteiger partial charge in [-0.2, -0.15) is 0 Å². The average Bonchev–Trinajstić information content (AvgIpc) is 2.64. The van der Waals surface area contributed by atoms with E-state index in [2.05, 4.69) is 5.32 Å². The molecule has 0 fully saturated rings. The maximum absolute atomic E-state index is 13.0. The molecule has 1 heterocycles. The number of anilines is 1. The first-order valence-corrected chi connectivity index (χ1v) is 8.63. The lowest BCUT2D eigenvalue weighted by Gasteiger charge is -2.38. The highest BCUT2D eigenvalue weighted by Gasteiger charge is 2.32. The number of methoxy groups -OCH3 is 1. The van der Waals surface area contributed by atoms with Crippen LogP contribution in [-0.4, -0.2) is 37.7 Å². The molecule has 25 heavy (non-hydrogen) atoms. The third kappa shape index (κ3) is 3.77. The molecule has 0 spiro atoms. The highest BCUT2D eigenvalue weighted by Crippen LogP contribution is 2.34. The first-order valence-electron chi connectivity index (χ1n) is 8.63. The highest BCUT2D eigenvalue weighted by molar-refractivity contribution is 6.01. The number of amides is 1. The number of ether oxygens (including phenoxy) is 2. The number of fused-ring (bicyclic) bond motifs is 1. The van der Waals surface area contributed by atoms with Gasteiger partial charge in [-0.1, -0.05) is 24.3 Å². The molecule has 2 aromatic carbocycles. The van der Waals surface area contributed by atoms with E-state index in [1.807, 2.05) is 60.4 Å². The Labute approximate surface area is 148 Å². The van der Waals surface area contributed by atoms with Crippen LogP contribution in [0.3, 0.4) is 0 Å². The molecule has 2 aromatic rings. The topological polar surface area (TPSA) is 50.8 Å². The third-order valence-corrected chi connectivity index (χ3v) is 4.25. The summed E-state index contributed by atoms with van der Waals surface area (Å²) in [6.45, 7) is 3.82. The summed E-state index contributed by atoms with van der Waals surface area (Å²) in [5.41, 5.74) is 2.57. The molecule has 1 N–H and O–H groups in total. The summed E-state index contributed by atoms with van der Waals surface area (Å²) >= 11 is 0. The van der Waals surface area contributed by atoms with Gasteiger partial charge in [-0.05, 0) is 43.2 Å². The maximum atomic E-state index is 13.0. The fourth-order valence-corrected chi connectivity index (χ4v) is 3.11. The second-order valence-electron chi connectivity index (χ2n) is 5.94. The minimum Gasteiger partial charge on any atom is -0.494 e. The third-order valence-electron chi connectivity index (χ3n) is 4.25. The van der Waals surface area contributed by atoms with Crippen LogP contribution in [0.4, 0.5) is 5.69 Å². The molecular formula is C20H24N2O3. The molecular weight excluding hydrogens is 316 g/mol. The summed E-state index contributed by atoms with van der Waals surface area (Å²) in [5, 5.41) is 3.50. The van der Waals surface area contributed by atoms with Crippen molar-refractivity contribution >= 4 is 11.6 Å². The Hall–Kier alpha value is -2.53. The van der Waals surface area contributed by atoms with Gasteiger partial charge in [0.25, 0.3) is 5.91 Å². The average molecular weight is 340 g/mol. The number of rotatable bonds is 7. The maximum Gasteiger partial charge on any atom is 0.257 e. The normalized spacial score (nSPS) is 16.3. The number of nitrogens with one attached hydrogen (secondary N) is 1. The zero-order chi connectivity index (χ0) is 17.6. The van der Waals surface area contributed by atoms with Crippen molar-refractivity contribution in [1.29, 1.82) is 0 Å². The van der Waals surface area contributed by atoms with Crippen molar-refractivity contribution < 1.29 is 14.3 Å². The van der Waals surface area contributed by atoms with E-state index in [0.29, 0.717) is 25.3 Å². The Morgan fingerprint density at radius 2 is 2.00 bits per heavy atom. The Balaban J connectivity index is 1.93. The molecule has 1 aliphatic rings. The van der Waals surface area contributed by atoms with E-state index in [1.165, 1.54) is 0 Å². The summed E-state index contributed by atoms with van der Waals surface area (Å²) in [6, 6.07) is 15.5. The van der Waals surface area contributed by atoms with Crippen LogP contribution < -0.4 is 10.1 Å². The van der Waals surface area contributed by atoms with E-state index >= 15 is 0 Å².